The van der Waals surface area contributed by atoms with Crippen molar-refractivity contribution in [3.8, 4) is 0 Å². The van der Waals surface area contributed by atoms with E-state index in [1.54, 1.807) is 0 Å². The average molecular weight is 373 g/mol. The Balaban J connectivity index is 1.84. The minimum absolute atomic E-state index is 0.0681. The smallest absolute Gasteiger partial charge is 0.0221 e. The first kappa shape index (κ1) is 17.7. The first-order chi connectivity index (χ1) is 14.3. The summed E-state index contributed by atoms with van der Waals surface area (Å²) in [5.74, 6) is 0. The summed E-state index contributed by atoms with van der Waals surface area (Å²) in [7, 11) is 0. The molecule has 0 aliphatic heterocycles. The van der Waals surface area contributed by atoms with E-state index in [1.807, 2.05) is 0 Å². The summed E-state index contributed by atoms with van der Waals surface area (Å²) < 4.78 is 0. The van der Waals surface area contributed by atoms with Crippen molar-refractivity contribution in [1.29, 1.82) is 0 Å². The molecule has 140 valence electrons. The van der Waals surface area contributed by atoms with Crippen LogP contribution in [0.15, 0.2) is 115 Å². The molecule has 0 saturated carbocycles. The Labute approximate surface area is 173 Å². The molecule has 5 rings (SSSR count). The topological polar surface area (TPSA) is 0 Å². The lowest BCUT2D eigenvalue weighted by molar-refractivity contribution is 0.581. The van der Waals surface area contributed by atoms with Gasteiger partial charge in [0, 0.05) is 5.41 Å². The van der Waals surface area contributed by atoms with E-state index in [1.165, 1.54) is 39.0 Å². The molecule has 0 bridgehead atoms. The fourth-order valence-corrected chi connectivity index (χ4v) is 4.77. The molecule has 4 aromatic rings. The highest BCUT2D eigenvalue weighted by Crippen LogP contribution is 2.51. The zero-order valence-corrected chi connectivity index (χ0v) is 16.7. The van der Waals surface area contributed by atoms with Crippen LogP contribution in [0.25, 0.3) is 11.1 Å². The third-order valence-corrected chi connectivity index (χ3v) is 6.22. The Bertz CT molecular complexity index is 1150. The summed E-state index contributed by atoms with van der Waals surface area (Å²) >= 11 is 0. The van der Waals surface area contributed by atoms with Crippen molar-refractivity contribution in [2.45, 2.75) is 18.8 Å². The van der Waals surface area contributed by atoms with E-state index in [0.29, 0.717) is 0 Å². The summed E-state index contributed by atoms with van der Waals surface area (Å²) in [6.07, 6.45) is 0.974. The van der Waals surface area contributed by atoms with E-state index in [0.717, 1.165) is 6.42 Å². The molecule has 0 heterocycles. The quantitative estimate of drug-likeness (QED) is 0.352. The summed E-state index contributed by atoms with van der Waals surface area (Å²) in [5.41, 5.74) is 9.42. The Hall–Kier alpha value is -3.38. The maximum absolute atomic E-state index is 2.39. The van der Waals surface area contributed by atoms with Crippen molar-refractivity contribution in [3.05, 3.63) is 143 Å². The van der Waals surface area contributed by atoms with E-state index >= 15 is 0 Å². The van der Waals surface area contributed by atoms with Gasteiger partial charge in [-0.3, -0.25) is 0 Å². The second-order valence-corrected chi connectivity index (χ2v) is 8.01. The summed E-state index contributed by atoms with van der Waals surface area (Å²) in [5, 5.41) is 0. The highest BCUT2D eigenvalue weighted by molar-refractivity contribution is 6.02. The Morgan fingerprint density at radius 2 is 1.07 bits per heavy atom. The average Bonchev–Trinajstić information content (AvgIpc) is 2.81. The summed E-state index contributed by atoms with van der Waals surface area (Å²) in [6, 6.07) is 41.6. The monoisotopic (exact) mass is 372 g/mol. The Kier molecular flexibility index (Phi) is 4.41. The van der Waals surface area contributed by atoms with E-state index in [9.17, 15) is 0 Å². The van der Waals surface area contributed by atoms with Crippen LogP contribution in [0.2, 0.25) is 0 Å². The van der Waals surface area contributed by atoms with Crippen molar-refractivity contribution in [2.24, 2.45) is 0 Å². The van der Waals surface area contributed by atoms with Gasteiger partial charge in [0.1, 0.15) is 0 Å². The van der Waals surface area contributed by atoms with Crippen LogP contribution >= 0.6 is 0 Å². The van der Waals surface area contributed by atoms with Gasteiger partial charge in [-0.25, -0.2) is 0 Å². The number of hydrogen-bond acceptors (Lipinski definition) is 0. The number of rotatable bonds is 3. The molecule has 1 atom stereocenters. The van der Waals surface area contributed by atoms with Crippen LogP contribution < -0.4 is 0 Å². The highest BCUT2D eigenvalue weighted by Gasteiger charge is 2.37. The first-order valence-corrected chi connectivity index (χ1v) is 10.3. The van der Waals surface area contributed by atoms with Crippen LogP contribution in [-0.2, 0) is 5.41 Å². The molecule has 29 heavy (non-hydrogen) atoms. The third kappa shape index (κ3) is 3.02. The lowest BCUT2D eigenvalue weighted by Gasteiger charge is -2.39. The molecule has 1 unspecified atom stereocenters. The second-order valence-electron chi connectivity index (χ2n) is 8.01. The molecule has 1 aliphatic rings. The van der Waals surface area contributed by atoms with Gasteiger partial charge >= 0.3 is 0 Å². The van der Waals surface area contributed by atoms with Gasteiger partial charge < -0.3 is 0 Å². The number of fused-ring (bicyclic) bond motifs is 1. The summed E-state index contributed by atoms with van der Waals surface area (Å²) in [4.78, 5) is 0. The molecule has 0 spiro atoms. The molecule has 0 aromatic heterocycles. The molecule has 0 nitrogen and oxygen atoms in total. The maximum Gasteiger partial charge on any atom is 0.0221 e. The van der Waals surface area contributed by atoms with Crippen molar-refractivity contribution >= 4 is 11.1 Å². The van der Waals surface area contributed by atoms with Gasteiger partial charge in [-0.05, 0) is 45.4 Å². The molecule has 0 heteroatoms. The molecule has 0 radical (unpaired) electrons. The summed E-state index contributed by atoms with van der Waals surface area (Å²) in [6.45, 7) is 2.39. The third-order valence-electron chi connectivity index (χ3n) is 6.22. The van der Waals surface area contributed by atoms with E-state index in [4.69, 9.17) is 0 Å². The first-order valence-electron chi connectivity index (χ1n) is 10.3. The molecule has 1 aliphatic carbocycles. The standard InChI is InChI=1S/C29H24/c1-29(24-17-9-4-10-18-24)21-26(22-13-5-2-6-14-22)28(23-15-7-3-8-16-23)25-19-11-12-20-27(25)29/h2-20H,21H2,1H3. The van der Waals surface area contributed by atoms with Crippen molar-refractivity contribution < 1.29 is 0 Å². The van der Waals surface area contributed by atoms with Gasteiger partial charge in [-0.1, -0.05) is 122 Å². The zero-order valence-electron chi connectivity index (χ0n) is 16.7. The molecule has 0 amide bonds. The van der Waals surface area contributed by atoms with Crippen LogP contribution in [0.5, 0.6) is 0 Å². The number of benzene rings is 4. The normalized spacial score (nSPS) is 18.4. The predicted molar refractivity (Wildman–Crippen MR) is 123 cm³/mol. The van der Waals surface area contributed by atoms with Crippen LogP contribution in [-0.4, -0.2) is 0 Å². The van der Waals surface area contributed by atoms with Crippen LogP contribution in [0, 0.1) is 0 Å². The molecule has 4 aromatic carbocycles. The lowest BCUT2D eigenvalue weighted by Crippen LogP contribution is -2.29. The lowest BCUT2D eigenvalue weighted by atomic mass is 9.63. The van der Waals surface area contributed by atoms with E-state index < -0.39 is 0 Å². The fraction of sp³-hybridized carbons (Fsp3) is 0.103. The van der Waals surface area contributed by atoms with Gasteiger partial charge in [0.2, 0.25) is 0 Å². The number of hydrogen-bond donors (Lipinski definition) is 0. The molecule has 0 fully saturated rings. The minimum Gasteiger partial charge on any atom is -0.0622 e. The highest BCUT2D eigenvalue weighted by atomic mass is 14.4. The predicted octanol–water partition coefficient (Wildman–Crippen LogP) is 7.36. The second kappa shape index (κ2) is 7.22. The van der Waals surface area contributed by atoms with Crippen LogP contribution in [0.1, 0.15) is 41.2 Å². The van der Waals surface area contributed by atoms with Crippen molar-refractivity contribution in [3.63, 3.8) is 0 Å². The van der Waals surface area contributed by atoms with E-state index in [-0.39, 0.29) is 5.41 Å². The number of allylic oxidation sites excluding steroid dienone is 1. The Morgan fingerprint density at radius 3 is 1.72 bits per heavy atom. The van der Waals surface area contributed by atoms with Gasteiger partial charge in [0.05, 0.1) is 0 Å². The van der Waals surface area contributed by atoms with Gasteiger partial charge in [-0.2, -0.15) is 0 Å². The van der Waals surface area contributed by atoms with Gasteiger partial charge in [-0.15, -0.1) is 0 Å². The fourth-order valence-electron chi connectivity index (χ4n) is 4.77. The van der Waals surface area contributed by atoms with Crippen LogP contribution in [0.3, 0.4) is 0 Å². The van der Waals surface area contributed by atoms with Crippen molar-refractivity contribution in [2.75, 3.05) is 0 Å². The minimum atomic E-state index is -0.0681. The molecular weight excluding hydrogens is 348 g/mol. The maximum atomic E-state index is 2.39. The molecule has 0 N–H and O–H groups in total. The Morgan fingerprint density at radius 1 is 0.552 bits per heavy atom. The molecule has 0 saturated heterocycles. The van der Waals surface area contributed by atoms with Crippen LogP contribution in [0.4, 0.5) is 0 Å². The van der Waals surface area contributed by atoms with Crippen molar-refractivity contribution in [1.82, 2.24) is 0 Å². The molecular formula is C29H24. The largest absolute Gasteiger partial charge is 0.0622 e. The van der Waals surface area contributed by atoms with Gasteiger partial charge in [0.25, 0.3) is 0 Å². The zero-order chi connectivity index (χ0) is 19.7. The van der Waals surface area contributed by atoms with Gasteiger partial charge in [0.15, 0.2) is 0 Å². The van der Waals surface area contributed by atoms with E-state index in [2.05, 4.69) is 122 Å². The SMILES string of the molecule is CC1(c2ccccc2)CC(c2ccccc2)=C(c2ccccc2)c2ccccc21.